The van der Waals surface area contributed by atoms with Gasteiger partial charge in [0, 0.05) is 6.61 Å². The van der Waals surface area contributed by atoms with Gasteiger partial charge in [0.25, 0.3) is 0 Å². The Balaban J connectivity index is 4.28. The maximum absolute atomic E-state index is 11.9. The van der Waals surface area contributed by atoms with E-state index in [0.29, 0.717) is 18.9 Å². The summed E-state index contributed by atoms with van der Waals surface area (Å²) in [5, 5.41) is 11.6. The number of hydrogen-bond donors (Lipinski definition) is 2. The third-order valence-corrected chi connectivity index (χ3v) is 3.21. The molecule has 0 bridgehead atoms. The van der Waals surface area contributed by atoms with Crippen molar-refractivity contribution in [3.63, 3.8) is 0 Å². The molecule has 0 aromatic carbocycles. The van der Waals surface area contributed by atoms with Gasteiger partial charge in [0.15, 0.2) is 0 Å². The Hall–Kier alpha value is -1.10. The predicted molar refractivity (Wildman–Crippen MR) is 73.9 cm³/mol. The van der Waals surface area contributed by atoms with E-state index in [1.807, 2.05) is 13.8 Å². The molecule has 5 heteroatoms. The molecular formula is C14H27NO4. The van der Waals surface area contributed by atoms with E-state index in [-0.39, 0.29) is 11.8 Å². The lowest BCUT2D eigenvalue weighted by Crippen LogP contribution is -2.48. The molecule has 0 aromatic rings. The van der Waals surface area contributed by atoms with Gasteiger partial charge in [-0.3, -0.25) is 4.79 Å². The van der Waals surface area contributed by atoms with Crippen LogP contribution in [0, 0.1) is 11.8 Å². The molecule has 112 valence electrons. The zero-order chi connectivity index (χ0) is 15.0. The van der Waals surface area contributed by atoms with Crippen LogP contribution >= 0.6 is 0 Å². The van der Waals surface area contributed by atoms with Crippen LogP contribution in [0.25, 0.3) is 0 Å². The minimum Gasteiger partial charge on any atom is -0.480 e. The Bertz CT molecular complexity index is 291. The van der Waals surface area contributed by atoms with Crippen LogP contribution in [0.4, 0.5) is 0 Å². The highest BCUT2D eigenvalue weighted by molar-refractivity contribution is 5.86. The highest BCUT2D eigenvalue weighted by atomic mass is 16.5. The van der Waals surface area contributed by atoms with Gasteiger partial charge < -0.3 is 15.2 Å². The number of carbonyl (C=O) groups excluding carboxylic acids is 1. The summed E-state index contributed by atoms with van der Waals surface area (Å²) in [4.78, 5) is 23.0. The molecule has 0 fully saturated rings. The molecule has 0 aliphatic rings. The van der Waals surface area contributed by atoms with Gasteiger partial charge in [-0.2, -0.15) is 0 Å². The quantitative estimate of drug-likeness (QED) is 0.674. The molecule has 2 N–H and O–H groups in total. The molecule has 0 spiro atoms. The SMILES string of the molecule is CC[C@H](C)[C@H](NC(=O)C(C)OCCC(C)C)C(=O)O. The summed E-state index contributed by atoms with van der Waals surface area (Å²) < 4.78 is 5.40. The topological polar surface area (TPSA) is 75.6 Å². The van der Waals surface area contributed by atoms with Crippen molar-refractivity contribution in [1.29, 1.82) is 0 Å². The van der Waals surface area contributed by atoms with Crippen LogP contribution in [0.5, 0.6) is 0 Å². The first-order valence-corrected chi connectivity index (χ1v) is 6.94. The number of carboxylic acid groups (broad SMARTS) is 1. The molecule has 0 heterocycles. The van der Waals surface area contributed by atoms with E-state index in [2.05, 4.69) is 19.2 Å². The van der Waals surface area contributed by atoms with Crippen LogP contribution in [-0.2, 0) is 14.3 Å². The van der Waals surface area contributed by atoms with Crippen LogP contribution < -0.4 is 5.32 Å². The lowest BCUT2D eigenvalue weighted by Gasteiger charge is -2.22. The summed E-state index contributed by atoms with van der Waals surface area (Å²) in [6, 6.07) is -0.853. The second-order valence-corrected chi connectivity index (χ2v) is 5.41. The maximum atomic E-state index is 11.9. The average Bonchev–Trinajstić information content (AvgIpc) is 2.33. The lowest BCUT2D eigenvalue weighted by atomic mass is 9.99. The van der Waals surface area contributed by atoms with Crippen molar-refractivity contribution in [2.45, 2.75) is 59.6 Å². The van der Waals surface area contributed by atoms with Crippen molar-refractivity contribution in [2.24, 2.45) is 11.8 Å². The summed E-state index contributed by atoms with van der Waals surface area (Å²) in [5.41, 5.74) is 0. The van der Waals surface area contributed by atoms with E-state index < -0.39 is 18.1 Å². The number of carbonyl (C=O) groups is 2. The molecule has 19 heavy (non-hydrogen) atoms. The van der Waals surface area contributed by atoms with Gasteiger partial charge in [0.05, 0.1) is 0 Å². The fourth-order valence-electron chi connectivity index (χ4n) is 1.51. The second-order valence-electron chi connectivity index (χ2n) is 5.41. The first-order chi connectivity index (χ1) is 8.79. The third kappa shape index (κ3) is 7.15. The molecular weight excluding hydrogens is 246 g/mol. The van der Waals surface area contributed by atoms with Crippen molar-refractivity contribution in [1.82, 2.24) is 5.32 Å². The number of hydrogen-bond acceptors (Lipinski definition) is 3. The lowest BCUT2D eigenvalue weighted by molar-refractivity contribution is -0.145. The van der Waals surface area contributed by atoms with Gasteiger partial charge in [-0.25, -0.2) is 4.79 Å². The van der Waals surface area contributed by atoms with Gasteiger partial charge >= 0.3 is 5.97 Å². The Morgan fingerprint density at radius 3 is 2.21 bits per heavy atom. The van der Waals surface area contributed by atoms with Crippen molar-refractivity contribution in [3.05, 3.63) is 0 Å². The standard InChI is InChI=1S/C14H27NO4/c1-6-10(4)12(14(17)18)15-13(16)11(5)19-8-7-9(2)3/h9-12H,6-8H2,1-5H3,(H,15,16)(H,17,18)/t10-,11?,12-/m0/s1. The Labute approximate surface area is 115 Å². The normalized spacial score (nSPS) is 15.9. The fourth-order valence-corrected chi connectivity index (χ4v) is 1.51. The Morgan fingerprint density at radius 1 is 1.21 bits per heavy atom. The molecule has 1 amide bonds. The Kier molecular flexibility index (Phi) is 8.39. The largest absolute Gasteiger partial charge is 0.480 e. The average molecular weight is 273 g/mol. The summed E-state index contributed by atoms with van der Waals surface area (Å²) in [5.74, 6) is -0.958. The summed E-state index contributed by atoms with van der Waals surface area (Å²) in [7, 11) is 0. The number of carboxylic acids is 1. The first kappa shape index (κ1) is 17.9. The van der Waals surface area contributed by atoms with E-state index in [1.54, 1.807) is 6.92 Å². The number of aliphatic carboxylic acids is 1. The van der Waals surface area contributed by atoms with Crippen molar-refractivity contribution < 1.29 is 19.4 Å². The van der Waals surface area contributed by atoms with E-state index in [4.69, 9.17) is 9.84 Å². The minimum atomic E-state index is -1.00. The maximum Gasteiger partial charge on any atom is 0.326 e. The van der Waals surface area contributed by atoms with Crippen molar-refractivity contribution in [2.75, 3.05) is 6.61 Å². The van der Waals surface area contributed by atoms with E-state index >= 15 is 0 Å². The van der Waals surface area contributed by atoms with Gasteiger partial charge in [-0.05, 0) is 25.2 Å². The number of ether oxygens (including phenoxy) is 1. The van der Waals surface area contributed by atoms with Crippen LogP contribution in [0.3, 0.4) is 0 Å². The van der Waals surface area contributed by atoms with E-state index in [0.717, 1.165) is 6.42 Å². The Morgan fingerprint density at radius 2 is 1.79 bits per heavy atom. The summed E-state index contributed by atoms with van der Waals surface area (Å²) in [6.07, 6.45) is 0.954. The molecule has 0 radical (unpaired) electrons. The van der Waals surface area contributed by atoms with Crippen LogP contribution in [0.15, 0.2) is 0 Å². The van der Waals surface area contributed by atoms with Gasteiger partial charge in [-0.15, -0.1) is 0 Å². The number of rotatable bonds is 9. The molecule has 0 aliphatic heterocycles. The highest BCUT2D eigenvalue weighted by Gasteiger charge is 2.27. The number of nitrogens with one attached hydrogen (secondary N) is 1. The zero-order valence-corrected chi connectivity index (χ0v) is 12.6. The molecule has 1 unspecified atom stereocenters. The molecule has 5 nitrogen and oxygen atoms in total. The monoisotopic (exact) mass is 273 g/mol. The zero-order valence-electron chi connectivity index (χ0n) is 12.6. The predicted octanol–water partition coefficient (Wildman–Crippen LogP) is 2.05. The van der Waals surface area contributed by atoms with E-state index in [9.17, 15) is 9.59 Å². The summed E-state index contributed by atoms with van der Waals surface area (Å²) in [6.45, 7) is 10.0. The smallest absolute Gasteiger partial charge is 0.326 e. The molecule has 3 atom stereocenters. The molecule has 0 aromatic heterocycles. The molecule has 0 saturated heterocycles. The number of amides is 1. The molecule has 0 saturated carbocycles. The fraction of sp³-hybridized carbons (Fsp3) is 0.857. The second kappa shape index (κ2) is 8.91. The van der Waals surface area contributed by atoms with Gasteiger partial charge in [0.2, 0.25) is 5.91 Å². The van der Waals surface area contributed by atoms with Crippen molar-refractivity contribution >= 4 is 11.9 Å². The third-order valence-electron chi connectivity index (χ3n) is 3.21. The van der Waals surface area contributed by atoms with E-state index in [1.165, 1.54) is 0 Å². The first-order valence-electron chi connectivity index (χ1n) is 6.94. The van der Waals surface area contributed by atoms with Gasteiger partial charge in [0.1, 0.15) is 12.1 Å². The minimum absolute atomic E-state index is 0.107. The van der Waals surface area contributed by atoms with Crippen molar-refractivity contribution in [3.8, 4) is 0 Å². The molecule has 0 aliphatic carbocycles. The highest BCUT2D eigenvalue weighted by Crippen LogP contribution is 2.09. The molecule has 0 rings (SSSR count). The van der Waals surface area contributed by atoms with Gasteiger partial charge in [-0.1, -0.05) is 34.1 Å². The summed E-state index contributed by atoms with van der Waals surface area (Å²) >= 11 is 0. The van der Waals surface area contributed by atoms with Crippen LogP contribution in [-0.4, -0.2) is 35.7 Å². The van der Waals surface area contributed by atoms with Crippen LogP contribution in [0.1, 0.15) is 47.5 Å². The van der Waals surface area contributed by atoms with Crippen LogP contribution in [0.2, 0.25) is 0 Å².